The minimum Gasteiger partial charge on any atom is -0.508 e. The highest BCUT2D eigenvalue weighted by molar-refractivity contribution is 5.49. The maximum Gasteiger partial charge on any atom is 0.122 e. The van der Waals surface area contributed by atoms with Gasteiger partial charge in [0.05, 0.1) is 13.2 Å². The van der Waals surface area contributed by atoms with Crippen molar-refractivity contribution < 1.29 is 14.9 Å². The van der Waals surface area contributed by atoms with Crippen LogP contribution in [0.1, 0.15) is 17.5 Å². The van der Waals surface area contributed by atoms with E-state index in [1.54, 1.807) is 19.2 Å². The number of phenolic OH excluding ortho intramolecular Hbond substituents is 1. The number of hydrogen-bond acceptors (Lipinski definition) is 3. The third-order valence-corrected chi connectivity index (χ3v) is 2.75. The summed E-state index contributed by atoms with van der Waals surface area (Å²) in [5.41, 5.74) is 1.88. The van der Waals surface area contributed by atoms with E-state index in [0.717, 1.165) is 23.3 Å². The van der Waals surface area contributed by atoms with E-state index in [1.165, 1.54) is 0 Å². The lowest BCUT2D eigenvalue weighted by molar-refractivity contribution is 0.156. The molecule has 0 saturated carbocycles. The summed E-state index contributed by atoms with van der Waals surface area (Å²) < 4.78 is 5.19. The van der Waals surface area contributed by atoms with Crippen LogP contribution in [0, 0.1) is 0 Å². The maximum absolute atomic E-state index is 9.63. The average Bonchev–Trinajstić information content (AvgIpc) is 2.18. The summed E-state index contributed by atoms with van der Waals surface area (Å²) in [4.78, 5) is 0. The Labute approximate surface area is 83.0 Å². The van der Waals surface area contributed by atoms with Crippen molar-refractivity contribution in [2.45, 2.75) is 25.4 Å². The van der Waals surface area contributed by atoms with E-state index in [0.29, 0.717) is 18.6 Å². The Bertz CT molecular complexity index is 347. The molecule has 3 heteroatoms. The van der Waals surface area contributed by atoms with Crippen molar-refractivity contribution in [1.29, 1.82) is 0 Å². The molecule has 0 heterocycles. The third kappa shape index (κ3) is 1.44. The van der Waals surface area contributed by atoms with Crippen molar-refractivity contribution in [2.75, 3.05) is 7.11 Å². The number of aromatic hydroxyl groups is 1. The minimum atomic E-state index is -0.307. The number of aliphatic hydroxyl groups excluding tert-OH is 1. The van der Waals surface area contributed by atoms with E-state index >= 15 is 0 Å². The van der Waals surface area contributed by atoms with Gasteiger partial charge in [0.25, 0.3) is 0 Å². The first kappa shape index (κ1) is 9.34. The number of aliphatic hydroxyl groups is 1. The zero-order valence-corrected chi connectivity index (χ0v) is 8.16. The average molecular weight is 194 g/mol. The number of methoxy groups -OCH3 is 1. The van der Waals surface area contributed by atoms with Gasteiger partial charge < -0.3 is 14.9 Å². The first-order valence-corrected chi connectivity index (χ1v) is 4.78. The molecule has 0 amide bonds. The van der Waals surface area contributed by atoms with E-state index in [9.17, 15) is 10.2 Å². The van der Waals surface area contributed by atoms with E-state index in [-0.39, 0.29) is 6.10 Å². The second-order valence-electron chi connectivity index (χ2n) is 3.64. The van der Waals surface area contributed by atoms with Gasteiger partial charge in [-0.25, -0.2) is 0 Å². The molecule has 1 aromatic rings. The molecule has 76 valence electrons. The molecule has 2 rings (SSSR count). The Hall–Kier alpha value is -1.22. The van der Waals surface area contributed by atoms with E-state index < -0.39 is 0 Å². The van der Waals surface area contributed by atoms with Crippen LogP contribution < -0.4 is 4.74 Å². The lowest BCUT2D eigenvalue weighted by atomic mass is 9.88. The minimum absolute atomic E-state index is 0.307. The molecule has 0 fully saturated rings. The largest absolute Gasteiger partial charge is 0.508 e. The van der Waals surface area contributed by atoms with Crippen molar-refractivity contribution in [2.24, 2.45) is 0 Å². The zero-order chi connectivity index (χ0) is 10.1. The van der Waals surface area contributed by atoms with Crippen LogP contribution in [0.5, 0.6) is 11.5 Å². The summed E-state index contributed by atoms with van der Waals surface area (Å²) in [6.45, 7) is 0. The monoisotopic (exact) mass is 194 g/mol. The number of fused-ring (bicyclic) bond motifs is 1. The van der Waals surface area contributed by atoms with Crippen molar-refractivity contribution in [1.82, 2.24) is 0 Å². The van der Waals surface area contributed by atoms with Crippen molar-refractivity contribution in [3.05, 3.63) is 23.3 Å². The Morgan fingerprint density at radius 2 is 2.14 bits per heavy atom. The second kappa shape index (κ2) is 3.50. The maximum atomic E-state index is 9.63. The molecule has 1 aliphatic carbocycles. The summed E-state index contributed by atoms with van der Waals surface area (Å²) in [7, 11) is 1.60. The number of rotatable bonds is 1. The van der Waals surface area contributed by atoms with Crippen LogP contribution in [-0.4, -0.2) is 23.4 Å². The van der Waals surface area contributed by atoms with E-state index in [1.807, 2.05) is 0 Å². The molecule has 1 aliphatic rings. The SMILES string of the molecule is COc1ccc(O)c2c1CC(O)CC2. The molecule has 2 N–H and O–H groups in total. The van der Waals surface area contributed by atoms with Crippen LogP contribution in [0.3, 0.4) is 0 Å². The van der Waals surface area contributed by atoms with Gasteiger partial charge in [0.2, 0.25) is 0 Å². The highest BCUT2D eigenvalue weighted by Gasteiger charge is 2.22. The summed E-state index contributed by atoms with van der Waals surface area (Å²) in [5, 5.41) is 19.2. The fourth-order valence-corrected chi connectivity index (χ4v) is 2.00. The molecule has 0 spiro atoms. The Balaban J connectivity index is 2.49. The molecule has 3 nitrogen and oxygen atoms in total. The molecule has 1 atom stereocenters. The number of ether oxygens (including phenoxy) is 1. The standard InChI is InChI=1S/C11H14O3/c1-14-11-5-4-10(13)8-3-2-7(12)6-9(8)11/h4-5,7,12-13H,2-3,6H2,1H3. The first-order valence-electron chi connectivity index (χ1n) is 4.78. The van der Waals surface area contributed by atoms with Gasteiger partial charge in [-0.2, -0.15) is 0 Å². The summed E-state index contributed by atoms with van der Waals surface area (Å²) in [6, 6.07) is 3.39. The van der Waals surface area contributed by atoms with Gasteiger partial charge in [0.15, 0.2) is 0 Å². The van der Waals surface area contributed by atoms with Crippen LogP contribution >= 0.6 is 0 Å². The fraction of sp³-hybridized carbons (Fsp3) is 0.455. The molecule has 0 aliphatic heterocycles. The molecule has 0 radical (unpaired) electrons. The molecule has 0 saturated heterocycles. The van der Waals surface area contributed by atoms with E-state index in [4.69, 9.17) is 4.74 Å². The summed E-state index contributed by atoms with van der Waals surface area (Å²) in [5.74, 6) is 1.07. The molecule has 0 bridgehead atoms. The number of phenols is 1. The quantitative estimate of drug-likeness (QED) is 0.707. The van der Waals surface area contributed by atoms with Gasteiger partial charge >= 0.3 is 0 Å². The Morgan fingerprint density at radius 1 is 1.36 bits per heavy atom. The molecular formula is C11H14O3. The van der Waals surface area contributed by atoms with Crippen molar-refractivity contribution in [3.63, 3.8) is 0 Å². The summed E-state index contributed by atoms with van der Waals surface area (Å²) in [6.07, 6.45) is 1.71. The van der Waals surface area contributed by atoms with Crippen molar-refractivity contribution >= 4 is 0 Å². The Morgan fingerprint density at radius 3 is 2.86 bits per heavy atom. The number of benzene rings is 1. The smallest absolute Gasteiger partial charge is 0.122 e. The second-order valence-corrected chi connectivity index (χ2v) is 3.64. The molecule has 1 aromatic carbocycles. The first-order chi connectivity index (χ1) is 6.72. The summed E-state index contributed by atoms with van der Waals surface area (Å²) >= 11 is 0. The third-order valence-electron chi connectivity index (χ3n) is 2.75. The van der Waals surface area contributed by atoms with Gasteiger partial charge in [-0.3, -0.25) is 0 Å². The highest BCUT2D eigenvalue weighted by atomic mass is 16.5. The van der Waals surface area contributed by atoms with Gasteiger partial charge in [-0.15, -0.1) is 0 Å². The molecule has 0 aromatic heterocycles. The molecule has 14 heavy (non-hydrogen) atoms. The van der Waals surface area contributed by atoms with Crippen LogP contribution in [0.4, 0.5) is 0 Å². The lowest BCUT2D eigenvalue weighted by Crippen LogP contribution is -2.19. The lowest BCUT2D eigenvalue weighted by Gasteiger charge is -2.23. The normalized spacial score (nSPS) is 20.3. The van der Waals surface area contributed by atoms with Crippen LogP contribution in [0.2, 0.25) is 0 Å². The van der Waals surface area contributed by atoms with Gasteiger partial charge in [0.1, 0.15) is 11.5 Å². The van der Waals surface area contributed by atoms with Crippen molar-refractivity contribution in [3.8, 4) is 11.5 Å². The van der Waals surface area contributed by atoms with Crippen LogP contribution in [-0.2, 0) is 12.8 Å². The highest BCUT2D eigenvalue weighted by Crippen LogP contribution is 2.35. The predicted octanol–water partition coefficient (Wildman–Crippen LogP) is 1.25. The van der Waals surface area contributed by atoms with Gasteiger partial charge in [-0.1, -0.05) is 0 Å². The predicted molar refractivity (Wildman–Crippen MR) is 52.7 cm³/mol. The topological polar surface area (TPSA) is 49.7 Å². The molecular weight excluding hydrogens is 180 g/mol. The Kier molecular flexibility index (Phi) is 2.33. The fourth-order valence-electron chi connectivity index (χ4n) is 2.00. The number of hydrogen-bond donors (Lipinski definition) is 2. The zero-order valence-electron chi connectivity index (χ0n) is 8.16. The van der Waals surface area contributed by atoms with Gasteiger partial charge in [-0.05, 0) is 25.0 Å². The van der Waals surface area contributed by atoms with Crippen LogP contribution in [0.15, 0.2) is 12.1 Å². The van der Waals surface area contributed by atoms with Gasteiger partial charge in [0, 0.05) is 17.5 Å². The van der Waals surface area contributed by atoms with Crippen LogP contribution in [0.25, 0.3) is 0 Å². The van der Waals surface area contributed by atoms with E-state index in [2.05, 4.69) is 0 Å². The molecule has 1 unspecified atom stereocenters.